The van der Waals surface area contributed by atoms with Gasteiger partial charge in [0, 0.05) is 19.5 Å². The predicted octanol–water partition coefficient (Wildman–Crippen LogP) is 0.0528. The average molecular weight is 98.1 g/mol. The van der Waals surface area contributed by atoms with Gasteiger partial charge in [-0.05, 0) is 6.92 Å². The molecule has 1 amide bonds. The first kappa shape index (κ1) is 4.62. The maximum absolute atomic E-state index is 10.3. The largest absolute Gasteiger partial charge is 0.342 e. The van der Waals surface area contributed by atoms with Crippen LogP contribution >= 0.6 is 0 Å². The maximum Gasteiger partial charge on any atom is 0.224 e. The Morgan fingerprint density at radius 1 is 1.86 bits per heavy atom. The van der Waals surface area contributed by atoms with Crippen molar-refractivity contribution in [1.29, 1.82) is 0 Å². The van der Waals surface area contributed by atoms with Crippen LogP contribution in [0.15, 0.2) is 0 Å². The molecule has 0 bridgehead atoms. The highest BCUT2D eigenvalue weighted by Gasteiger charge is 2.20. The third kappa shape index (κ3) is 0.601. The summed E-state index contributed by atoms with van der Waals surface area (Å²) in [5.41, 5.74) is 0. The fraction of sp³-hybridized carbons (Fsp3) is 0.600. The molecule has 0 N–H and O–H groups in total. The summed E-state index contributed by atoms with van der Waals surface area (Å²) in [6, 6.07) is 0. The molecule has 2 heteroatoms. The number of likely N-dealkylation sites (tertiary alicyclic amines) is 1. The average Bonchev–Trinajstić information content (AvgIpc) is 1.65. The Hall–Kier alpha value is -0.530. The SMILES string of the molecule is [CH2]CN1CCC1=O. The Morgan fingerprint density at radius 2 is 2.57 bits per heavy atom. The Balaban J connectivity index is 2.29. The molecule has 1 fully saturated rings. The first-order chi connectivity index (χ1) is 3.34. The van der Waals surface area contributed by atoms with Crippen LogP contribution in [-0.2, 0) is 4.79 Å². The van der Waals surface area contributed by atoms with Crippen LogP contribution in [-0.4, -0.2) is 23.9 Å². The van der Waals surface area contributed by atoms with Crippen LogP contribution in [0, 0.1) is 6.92 Å². The number of rotatable bonds is 1. The van der Waals surface area contributed by atoms with Crippen molar-refractivity contribution in [3.63, 3.8) is 0 Å². The molecule has 0 unspecified atom stereocenters. The molecule has 1 radical (unpaired) electrons. The van der Waals surface area contributed by atoms with E-state index in [0.29, 0.717) is 6.54 Å². The lowest BCUT2D eigenvalue weighted by Gasteiger charge is -2.28. The van der Waals surface area contributed by atoms with E-state index in [4.69, 9.17) is 0 Å². The van der Waals surface area contributed by atoms with Gasteiger partial charge in [0.1, 0.15) is 0 Å². The molecule has 2 nitrogen and oxygen atoms in total. The van der Waals surface area contributed by atoms with Crippen LogP contribution in [0.1, 0.15) is 6.42 Å². The first-order valence-electron chi connectivity index (χ1n) is 2.41. The van der Waals surface area contributed by atoms with Gasteiger partial charge >= 0.3 is 0 Å². The van der Waals surface area contributed by atoms with E-state index in [1.807, 2.05) is 0 Å². The lowest BCUT2D eigenvalue weighted by molar-refractivity contribution is -0.138. The van der Waals surface area contributed by atoms with Crippen LogP contribution < -0.4 is 0 Å². The molecule has 1 heterocycles. The van der Waals surface area contributed by atoms with E-state index in [0.717, 1.165) is 13.0 Å². The third-order valence-electron chi connectivity index (χ3n) is 1.22. The van der Waals surface area contributed by atoms with E-state index < -0.39 is 0 Å². The Kier molecular flexibility index (Phi) is 1.01. The lowest BCUT2D eigenvalue weighted by Crippen LogP contribution is -2.42. The predicted molar refractivity (Wildman–Crippen MR) is 26.6 cm³/mol. The second kappa shape index (κ2) is 1.52. The van der Waals surface area contributed by atoms with Crippen LogP contribution in [0.2, 0.25) is 0 Å². The molecule has 39 valence electrons. The molecule has 7 heavy (non-hydrogen) atoms. The normalized spacial score (nSPS) is 19.6. The summed E-state index contributed by atoms with van der Waals surface area (Å²) >= 11 is 0. The lowest BCUT2D eigenvalue weighted by atomic mass is 10.2. The van der Waals surface area contributed by atoms with Crippen LogP contribution in [0.5, 0.6) is 0 Å². The van der Waals surface area contributed by atoms with E-state index in [2.05, 4.69) is 6.92 Å². The minimum atomic E-state index is 0.245. The molecule has 0 spiro atoms. The second-order valence-electron chi connectivity index (χ2n) is 1.63. The number of β-lactam (4-membered cyclic amide) rings is 1. The zero-order valence-corrected chi connectivity index (χ0v) is 4.18. The van der Waals surface area contributed by atoms with E-state index in [9.17, 15) is 4.79 Å². The standard InChI is InChI=1S/C5H8NO/c1-2-6-4-3-5(6)7/h1-4H2. The topological polar surface area (TPSA) is 20.3 Å². The molecule has 0 aromatic heterocycles. The van der Waals surface area contributed by atoms with E-state index in [1.165, 1.54) is 0 Å². The van der Waals surface area contributed by atoms with Crippen molar-refractivity contribution < 1.29 is 4.79 Å². The molecule has 1 rings (SSSR count). The molecule has 0 aromatic rings. The molecule has 0 saturated carbocycles. The molecular weight excluding hydrogens is 90.1 g/mol. The van der Waals surface area contributed by atoms with E-state index >= 15 is 0 Å². The monoisotopic (exact) mass is 98.1 g/mol. The molecule has 1 saturated heterocycles. The first-order valence-corrected chi connectivity index (χ1v) is 2.41. The van der Waals surface area contributed by atoms with Crippen molar-refractivity contribution in [2.24, 2.45) is 0 Å². The van der Waals surface area contributed by atoms with E-state index in [1.54, 1.807) is 4.90 Å². The summed E-state index contributed by atoms with van der Waals surface area (Å²) in [4.78, 5) is 12.1. The van der Waals surface area contributed by atoms with Gasteiger partial charge in [-0.25, -0.2) is 0 Å². The second-order valence-corrected chi connectivity index (χ2v) is 1.63. The zero-order chi connectivity index (χ0) is 5.28. The van der Waals surface area contributed by atoms with Crippen molar-refractivity contribution >= 4 is 5.91 Å². The minimum Gasteiger partial charge on any atom is -0.342 e. The fourth-order valence-electron chi connectivity index (χ4n) is 0.598. The summed E-state index contributed by atoms with van der Waals surface area (Å²) in [6.07, 6.45) is 0.732. The molecule has 1 aliphatic heterocycles. The molecule has 0 aliphatic carbocycles. The van der Waals surface area contributed by atoms with Gasteiger partial charge in [-0.2, -0.15) is 0 Å². The van der Waals surface area contributed by atoms with Crippen LogP contribution in [0.4, 0.5) is 0 Å². The van der Waals surface area contributed by atoms with Gasteiger partial charge in [0.15, 0.2) is 0 Å². The highest BCUT2D eigenvalue weighted by Crippen LogP contribution is 2.05. The summed E-state index contributed by atoms with van der Waals surface area (Å²) in [7, 11) is 0. The zero-order valence-electron chi connectivity index (χ0n) is 4.18. The summed E-state index contributed by atoms with van der Waals surface area (Å²) < 4.78 is 0. The van der Waals surface area contributed by atoms with Crippen molar-refractivity contribution in [2.45, 2.75) is 6.42 Å². The summed E-state index contributed by atoms with van der Waals surface area (Å²) in [5, 5.41) is 0. The van der Waals surface area contributed by atoms with Gasteiger partial charge in [-0.15, -0.1) is 0 Å². The number of carbonyl (C=O) groups is 1. The van der Waals surface area contributed by atoms with Gasteiger partial charge in [-0.3, -0.25) is 4.79 Å². The van der Waals surface area contributed by atoms with Gasteiger partial charge in [0.2, 0.25) is 5.91 Å². The van der Waals surface area contributed by atoms with E-state index in [-0.39, 0.29) is 5.91 Å². The molecule has 0 atom stereocenters. The molecule has 1 aliphatic rings. The van der Waals surface area contributed by atoms with Crippen molar-refractivity contribution in [3.05, 3.63) is 6.92 Å². The summed E-state index contributed by atoms with van der Waals surface area (Å²) in [5.74, 6) is 0.245. The smallest absolute Gasteiger partial charge is 0.224 e. The quantitative estimate of drug-likeness (QED) is 0.424. The Labute approximate surface area is 43.1 Å². The number of amides is 1. The van der Waals surface area contributed by atoms with Gasteiger partial charge in [-0.1, -0.05) is 0 Å². The van der Waals surface area contributed by atoms with Crippen LogP contribution in [0.25, 0.3) is 0 Å². The third-order valence-corrected chi connectivity index (χ3v) is 1.22. The van der Waals surface area contributed by atoms with Crippen molar-refractivity contribution in [2.75, 3.05) is 13.1 Å². The van der Waals surface area contributed by atoms with Crippen molar-refractivity contribution in [1.82, 2.24) is 4.90 Å². The Morgan fingerprint density at radius 3 is 2.57 bits per heavy atom. The number of hydrogen-bond acceptors (Lipinski definition) is 1. The van der Waals surface area contributed by atoms with Gasteiger partial charge in [0.05, 0.1) is 0 Å². The van der Waals surface area contributed by atoms with Crippen molar-refractivity contribution in [3.8, 4) is 0 Å². The molecular formula is C5H8NO. The highest BCUT2D eigenvalue weighted by atomic mass is 16.2. The molecule has 0 aromatic carbocycles. The number of hydrogen-bond donors (Lipinski definition) is 0. The number of nitrogens with zero attached hydrogens (tertiary/aromatic N) is 1. The number of carbonyl (C=O) groups excluding carboxylic acids is 1. The maximum atomic E-state index is 10.3. The highest BCUT2D eigenvalue weighted by molar-refractivity contribution is 5.81. The Bertz CT molecular complexity index is 88.1. The fourth-order valence-corrected chi connectivity index (χ4v) is 0.598. The summed E-state index contributed by atoms with van der Waals surface area (Å²) in [6.45, 7) is 5.12. The van der Waals surface area contributed by atoms with Gasteiger partial charge < -0.3 is 4.90 Å². The van der Waals surface area contributed by atoms with Crippen LogP contribution in [0.3, 0.4) is 0 Å². The van der Waals surface area contributed by atoms with Gasteiger partial charge in [0.25, 0.3) is 0 Å². The minimum absolute atomic E-state index is 0.245.